The normalized spacial score (nSPS) is 10.2. The molecule has 0 aliphatic carbocycles. The van der Waals surface area contributed by atoms with Crippen molar-refractivity contribution in [3.8, 4) is 6.07 Å². The number of nitrogens with zero attached hydrogens (tertiary/aromatic N) is 3. The molecule has 0 bridgehead atoms. The Labute approximate surface area is 88.5 Å². The number of halogens is 2. The third-order valence-electron chi connectivity index (χ3n) is 1.83. The van der Waals surface area contributed by atoms with Gasteiger partial charge < -0.3 is 15.8 Å². The maximum absolute atomic E-state index is 12.5. The molecule has 0 saturated heterocycles. The lowest BCUT2D eigenvalue weighted by Gasteiger charge is -2.03. The van der Waals surface area contributed by atoms with Gasteiger partial charge in [-0.3, -0.25) is 0 Å². The van der Waals surface area contributed by atoms with Crippen LogP contribution in [0.3, 0.4) is 0 Å². The molecule has 0 unspecified atom stereocenters. The van der Waals surface area contributed by atoms with E-state index in [-0.39, 0.29) is 17.8 Å². The van der Waals surface area contributed by atoms with Crippen LogP contribution in [0.15, 0.2) is 6.07 Å². The molecule has 0 aromatic carbocycles. The molecule has 0 saturated carbocycles. The fourth-order valence-corrected chi connectivity index (χ4v) is 1.12. The standard InChI is InChI=1S/C8H6F2N4O2/c9-7(10)5-1-4(2-11)6(3-12)13-8(5)14(15)16/h1,7H,3,12H2. The van der Waals surface area contributed by atoms with Gasteiger partial charge in [-0.05, 0) is 16.0 Å². The zero-order chi connectivity index (χ0) is 12.3. The molecule has 16 heavy (non-hydrogen) atoms. The Hall–Kier alpha value is -2.14. The summed E-state index contributed by atoms with van der Waals surface area (Å²) in [6, 6.07) is 2.36. The highest BCUT2D eigenvalue weighted by molar-refractivity contribution is 5.44. The van der Waals surface area contributed by atoms with E-state index in [1.165, 1.54) is 0 Å². The SMILES string of the molecule is N#Cc1cc(C(F)F)c([N+](=O)[O-])nc1CN. The van der Waals surface area contributed by atoms with E-state index in [9.17, 15) is 18.9 Å². The average Bonchev–Trinajstić information content (AvgIpc) is 2.26. The summed E-state index contributed by atoms with van der Waals surface area (Å²) >= 11 is 0. The van der Waals surface area contributed by atoms with Crippen LogP contribution in [-0.2, 0) is 6.54 Å². The molecular formula is C8H6F2N4O2. The molecular weight excluding hydrogens is 222 g/mol. The number of aromatic nitrogens is 1. The van der Waals surface area contributed by atoms with E-state index in [4.69, 9.17) is 11.0 Å². The molecule has 8 heteroatoms. The van der Waals surface area contributed by atoms with Crippen molar-refractivity contribution in [3.05, 3.63) is 33.0 Å². The van der Waals surface area contributed by atoms with Crippen LogP contribution < -0.4 is 5.73 Å². The van der Waals surface area contributed by atoms with E-state index < -0.39 is 22.7 Å². The first-order valence-corrected chi connectivity index (χ1v) is 4.07. The molecule has 0 spiro atoms. The van der Waals surface area contributed by atoms with Gasteiger partial charge in [0.25, 0.3) is 6.43 Å². The third-order valence-corrected chi connectivity index (χ3v) is 1.83. The molecule has 1 heterocycles. The van der Waals surface area contributed by atoms with Crippen molar-refractivity contribution in [2.45, 2.75) is 13.0 Å². The van der Waals surface area contributed by atoms with Crippen LogP contribution >= 0.6 is 0 Å². The Morgan fingerprint density at radius 1 is 1.69 bits per heavy atom. The predicted molar refractivity (Wildman–Crippen MR) is 48.5 cm³/mol. The van der Waals surface area contributed by atoms with E-state index >= 15 is 0 Å². The van der Waals surface area contributed by atoms with E-state index in [0.717, 1.165) is 6.07 Å². The van der Waals surface area contributed by atoms with Crippen molar-refractivity contribution < 1.29 is 13.7 Å². The van der Waals surface area contributed by atoms with Gasteiger partial charge in [-0.2, -0.15) is 5.26 Å². The van der Waals surface area contributed by atoms with E-state index in [2.05, 4.69) is 4.98 Å². The van der Waals surface area contributed by atoms with E-state index in [1.54, 1.807) is 6.07 Å². The Balaban J connectivity index is 3.49. The number of nitriles is 1. The number of rotatable bonds is 3. The monoisotopic (exact) mass is 228 g/mol. The van der Waals surface area contributed by atoms with Gasteiger partial charge in [-0.1, -0.05) is 0 Å². The summed E-state index contributed by atoms with van der Waals surface area (Å²) < 4.78 is 24.9. The molecule has 0 fully saturated rings. The summed E-state index contributed by atoms with van der Waals surface area (Å²) in [5.74, 6) is -0.963. The highest BCUT2D eigenvalue weighted by Crippen LogP contribution is 2.28. The molecule has 0 aliphatic heterocycles. The maximum atomic E-state index is 12.5. The Bertz CT molecular complexity index is 470. The smallest absolute Gasteiger partial charge is 0.358 e. The summed E-state index contributed by atoms with van der Waals surface area (Å²) in [5, 5.41) is 19.1. The van der Waals surface area contributed by atoms with E-state index in [0.29, 0.717) is 0 Å². The molecule has 0 amide bonds. The number of pyridine rings is 1. The summed E-state index contributed by atoms with van der Waals surface area (Å²) in [6.45, 7) is -0.229. The van der Waals surface area contributed by atoms with Crippen LogP contribution in [0.4, 0.5) is 14.6 Å². The first-order valence-electron chi connectivity index (χ1n) is 4.07. The molecule has 1 rings (SSSR count). The van der Waals surface area contributed by atoms with Crippen LogP contribution in [0.25, 0.3) is 0 Å². The zero-order valence-corrected chi connectivity index (χ0v) is 7.85. The van der Waals surface area contributed by atoms with Crippen molar-refractivity contribution in [1.82, 2.24) is 4.98 Å². The van der Waals surface area contributed by atoms with Crippen molar-refractivity contribution >= 4 is 5.82 Å². The lowest BCUT2D eigenvalue weighted by atomic mass is 10.1. The number of hydrogen-bond acceptors (Lipinski definition) is 5. The van der Waals surface area contributed by atoms with Crippen molar-refractivity contribution in [2.75, 3.05) is 0 Å². The molecule has 2 N–H and O–H groups in total. The van der Waals surface area contributed by atoms with Gasteiger partial charge in [0.1, 0.15) is 17.2 Å². The van der Waals surface area contributed by atoms with Gasteiger partial charge in [0.2, 0.25) is 0 Å². The van der Waals surface area contributed by atoms with Crippen LogP contribution in [0.5, 0.6) is 0 Å². The van der Waals surface area contributed by atoms with Gasteiger partial charge in [0.15, 0.2) is 5.69 Å². The summed E-state index contributed by atoms with van der Waals surface area (Å²) in [6.07, 6.45) is -3.06. The number of alkyl halides is 2. The van der Waals surface area contributed by atoms with Crippen molar-refractivity contribution in [1.29, 1.82) is 5.26 Å². The second-order valence-corrected chi connectivity index (χ2v) is 2.77. The maximum Gasteiger partial charge on any atom is 0.372 e. The number of nitrogens with two attached hydrogens (primary N) is 1. The molecule has 0 aliphatic rings. The molecule has 0 atom stereocenters. The van der Waals surface area contributed by atoms with E-state index in [1.807, 2.05) is 0 Å². The minimum absolute atomic E-state index is 0.0707. The van der Waals surface area contributed by atoms with Crippen LogP contribution in [0, 0.1) is 21.4 Å². The van der Waals surface area contributed by atoms with Gasteiger partial charge in [0.05, 0.1) is 6.54 Å². The van der Waals surface area contributed by atoms with Gasteiger partial charge in [-0.15, -0.1) is 0 Å². The predicted octanol–water partition coefficient (Wildman–Crippen LogP) is 1.26. The largest absolute Gasteiger partial charge is 0.372 e. The van der Waals surface area contributed by atoms with Gasteiger partial charge in [-0.25, -0.2) is 8.78 Å². The number of nitro groups is 1. The molecule has 0 radical (unpaired) electrons. The Kier molecular flexibility index (Phi) is 3.42. The third kappa shape index (κ3) is 2.09. The topological polar surface area (TPSA) is 106 Å². The fourth-order valence-electron chi connectivity index (χ4n) is 1.12. The first kappa shape index (κ1) is 11.9. The second kappa shape index (κ2) is 4.59. The quantitative estimate of drug-likeness (QED) is 0.619. The lowest BCUT2D eigenvalue weighted by Crippen LogP contribution is -2.08. The first-order chi connectivity index (χ1) is 7.51. The minimum atomic E-state index is -3.06. The van der Waals surface area contributed by atoms with Crippen molar-refractivity contribution in [2.24, 2.45) is 5.73 Å². The van der Waals surface area contributed by atoms with Crippen LogP contribution in [0.2, 0.25) is 0 Å². The van der Waals surface area contributed by atoms with Gasteiger partial charge >= 0.3 is 5.82 Å². The fraction of sp³-hybridized carbons (Fsp3) is 0.250. The summed E-state index contributed by atoms with van der Waals surface area (Å²) in [4.78, 5) is 12.8. The Morgan fingerprint density at radius 3 is 2.69 bits per heavy atom. The number of hydrogen-bond donors (Lipinski definition) is 1. The zero-order valence-electron chi connectivity index (χ0n) is 7.85. The molecule has 1 aromatic rings. The van der Waals surface area contributed by atoms with Crippen LogP contribution in [-0.4, -0.2) is 9.91 Å². The van der Waals surface area contributed by atoms with Crippen LogP contribution in [0.1, 0.15) is 23.2 Å². The van der Waals surface area contributed by atoms with Gasteiger partial charge in [0, 0.05) is 0 Å². The lowest BCUT2D eigenvalue weighted by molar-refractivity contribution is -0.391. The highest BCUT2D eigenvalue weighted by Gasteiger charge is 2.26. The highest BCUT2D eigenvalue weighted by atomic mass is 19.3. The molecule has 6 nitrogen and oxygen atoms in total. The van der Waals surface area contributed by atoms with Crippen molar-refractivity contribution in [3.63, 3.8) is 0 Å². The summed E-state index contributed by atoms with van der Waals surface area (Å²) in [5.41, 5.74) is 4.07. The molecule has 84 valence electrons. The second-order valence-electron chi connectivity index (χ2n) is 2.77. The minimum Gasteiger partial charge on any atom is -0.358 e. The average molecular weight is 228 g/mol. The Morgan fingerprint density at radius 2 is 2.31 bits per heavy atom. The summed E-state index contributed by atoms with van der Waals surface area (Å²) in [7, 11) is 0. The molecule has 1 aromatic heterocycles.